The van der Waals surface area contributed by atoms with E-state index in [9.17, 15) is 10.1 Å². The largest absolute Gasteiger partial charge is 0.298 e. The highest BCUT2D eigenvalue weighted by molar-refractivity contribution is 5.88. The minimum absolute atomic E-state index is 0.0698. The second kappa shape index (κ2) is 5.52. The van der Waals surface area contributed by atoms with Gasteiger partial charge in [-0.25, -0.2) is 9.67 Å². The van der Waals surface area contributed by atoms with Gasteiger partial charge in [-0.05, 0) is 18.8 Å². The summed E-state index contributed by atoms with van der Waals surface area (Å²) in [4.78, 5) is 16.4. The van der Waals surface area contributed by atoms with E-state index in [2.05, 4.69) is 30.0 Å². The van der Waals surface area contributed by atoms with E-state index >= 15 is 0 Å². The fraction of sp³-hybridized carbons (Fsp3) is 0.714. The number of ketones is 1. The van der Waals surface area contributed by atoms with Crippen LogP contribution in [0.2, 0.25) is 0 Å². The number of carbonyl (C=O) groups is 1. The molecule has 1 saturated carbocycles. The van der Waals surface area contributed by atoms with Crippen molar-refractivity contribution in [2.24, 2.45) is 11.3 Å². The van der Waals surface area contributed by atoms with Gasteiger partial charge in [-0.3, -0.25) is 4.79 Å². The second-order valence-electron chi connectivity index (χ2n) is 5.75. The second-order valence-corrected chi connectivity index (χ2v) is 5.75. The normalized spacial score (nSPS) is 23.6. The third-order valence-electron chi connectivity index (χ3n) is 3.70. The maximum atomic E-state index is 12.1. The van der Waals surface area contributed by atoms with Gasteiger partial charge in [-0.2, -0.15) is 10.4 Å². The summed E-state index contributed by atoms with van der Waals surface area (Å²) in [7, 11) is 0. The summed E-state index contributed by atoms with van der Waals surface area (Å²) in [5.74, 6) is 1.28. The topological polar surface area (TPSA) is 71.6 Å². The van der Waals surface area contributed by atoms with Crippen molar-refractivity contribution in [3.8, 4) is 6.07 Å². The SMILES string of the molecule is CC(C)Cn1ncnc1CC1(C#N)CCCCC1=O. The summed E-state index contributed by atoms with van der Waals surface area (Å²) in [5, 5.41) is 13.7. The number of hydrogen-bond donors (Lipinski definition) is 0. The number of hydrogen-bond acceptors (Lipinski definition) is 4. The van der Waals surface area contributed by atoms with E-state index in [-0.39, 0.29) is 5.78 Å². The molecule has 1 unspecified atom stereocenters. The third-order valence-corrected chi connectivity index (χ3v) is 3.70. The number of Topliss-reactive ketones (excluding diaryl/α,β-unsaturated/α-hetero) is 1. The maximum absolute atomic E-state index is 12.1. The molecule has 1 aliphatic carbocycles. The Morgan fingerprint density at radius 1 is 1.53 bits per heavy atom. The number of rotatable bonds is 4. The van der Waals surface area contributed by atoms with Crippen LogP contribution in [0.5, 0.6) is 0 Å². The zero-order chi connectivity index (χ0) is 13.9. The van der Waals surface area contributed by atoms with E-state index in [0.717, 1.165) is 25.2 Å². The summed E-state index contributed by atoms with van der Waals surface area (Å²) in [6.07, 6.45) is 4.92. The summed E-state index contributed by atoms with van der Waals surface area (Å²) >= 11 is 0. The van der Waals surface area contributed by atoms with Crippen molar-refractivity contribution in [2.45, 2.75) is 52.5 Å². The summed E-state index contributed by atoms with van der Waals surface area (Å²) in [6, 6.07) is 2.26. The predicted molar refractivity (Wildman–Crippen MR) is 70.1 cm³/mol. The minimum Gasteiger partial charge on any atom is -0.298 e. The molecule has 19 heavy (non-hydrogen) atoms. The molecule has 0 N–H and O–H groups in total. The number of nitriles is 1. The lowest BCUT2D eigenvalue weighted by atomic mass is 9.72. The molecule has 1 heterocycles. The molecular weight excluding hydrogens is 240 g/mol. The fourth-order valence-corrected chi connectivity index (χ4v) is 2.63. The lowest BCUT2D eigenvalue weighted by molar-refractivity contribution is -0.128. The van der Waals surface area contributed by atoms with E-state index < -0.39 is 5.41 Å². The molecular formula is C14H20N4O. The minimum atomic E-state index is -0.875. The highest BCUT2D eigenvalue weighted by atomic mass is 16.1. The molecule has 1 atom stereocenters. The average Bonchev–Trinajstić information content (AvgIpc) is 2.79. The van der Waals surface area contributed by atoms with Crippen LogP contribution in [0, 0.1) is 22.7 Å². The van der Waals surface area contributed by atoms with Gasteiger partial charge in [0.1, 0.15) is 17.6 Å². The van der Waals surface area contributed by atoms with E-state index in [4.69, 9.17) is 0 Å². The third kappa shape index (κ3) is 2.83. The Hall–Kier alpha value is -1.70. The van der Waals surface area contributed by atoms with Gasteiger partial charge in [0.15, 0.2) is 5.78 Å². The molecule has 0 saturated heterocycles. The van der Waals surface area contributed by atoms with Gasteiger partial charge >= 0.3 is 0 Å². The molecule has 0 radical (unpaired) electrons. The molecule has 0 amide bonds. The van der Waals surface area contributed by atoms with Crippen LogP contribution in [-0.4, -0.2) is 20.5 Å². The zero-order valence-electron chi connectivity index (χ0n) is 11.6. The molecule has 0 aliphatic heterocycles. The maximum Gasteiger partial charge on any atom is 0.153 e. The molecule has 1 aromatic rings. The van der Waals surface area contributed by atoms with Crippen molar-refractivity contribution in [1.29, 1.82) is 5.26 Å². The Morgan fingerprint density at radius 3 is 2.95 bits per heavy atom. The van der Waals surface area contributed by atoms with Crippen molar-refractivity contribution in [1.82, 2.24) is 14.8 Å². The van der Waals surface area contributed by atoms with Gasteiger partial charge in [0, 0.05) is 19.4 Å². The molecule has 0 aromatic carbocycles. The van der Waals surface area contributed by atoms with Crippen LogP contribution in [0.3, 0.4) is 0 Å². The smallest absolute Gasteiger partial charge is 0.153 e. The van der Waals surface area contributed by atoms with Crippen molar-refractivity contribution in [2.75, 3.05) is 0 Å². The van der Waals surface area contributed by atoms with Crippen LogP contribution in [0.25, 0.3) is 0 Å². The Balaban J connectivity index is 2.21. The number of carbonyl (C=O) groups excluding carboxylic acids is 1. The van der Waals surface area contributed by atoms with E-state index in [0.29, 0.717) is 25.2 Å². The summed E-state index contributed by atoms with van der Waals surface area (Å²) in [5.41, 5.74) is -0.875. The highest BCUT2D eigenvalue weighted by Crippen LogP contribution is 2.35. The van der Waals surface area contributed by atoms with E-state index in [1.54, 1.807) is 0 Å². The molecule has 5 nitrogen and oxygen atoms in total. The van der Waals surface area contributed by atoms with Gasteiger partial charge in [0.05, 0.1) is 6.07 Å². The van der Waals surface area contributed by atoms with Gasteiger partial charge in [0.25, 0.3) is 0 Å². The predicted octanol–water partition coefficient (Wildman–Crippen LogP) is 2.13. The fourth-order valence-electron chi connectivity index (χ4n) is 2.63. The molecule has 0 spiro atoms. The Kier molecular flexibility index (Phi) is 3.98. The quantitative estimate of drug-likeness (QED) is 0.831. The zero-order valence-corrected chi connectivity index (χ0v) is 11.6. The van der Waals surface area contributed by atoms with Crippen LogP contribution in [0.1, 0.15) is 45.4 Å². The monoisotopic (exact) mass is 260 g/mol. The summed E-state index contributed by atoms with van der Waals surface area (Å²) < 4.78 is 1.83. The molecule has 1 aromatic heterocycles. The van der Waals surface area contributed by atoms with Crippen LogP contribution < -0.4 is 0 Å². The van der Waals surface area contributed by atoms with Crippen LogP contribution in [0.4, 0.5) is 0 Å². The highest BCUT2D eigenvalue weighted by Gasteiger charge is 2.41. The standard InChI is InChI=1S/C14H20N4O/c1-11(2)8-18-13(16-10-17-18)7-14(9-15)6-4-3-5-12(14)19/h10-11H,3-8H2,1-2H3. The number of aromatic nitrogens is 3. The van der Waals surface area contributed by atoms with Crippen LogP contribution >= 0.6 is 0 Å². The van der Waals surface area contributed by atoms with E-state index in [1.165, 1.54) is 6.33 Å². The van der Waals surface area contributed by atoms with Crippen molar-refractivity contribution < 1.29 is 4.79 Å². The summed E-state index contributed by atoms with van der Waals surface area (Å²) in [6.45, 7) is 4.99. The Bertz CT molecular complexity index is 500. The molecule has 1 aliphatic rings. The first-order valence-corrected chi connectivity index (χ1v) is 6.88. The Morgan fingerprint density at radius 2 is 2.32 bits per heavy atom. The van der Waals surface area contributed by atoms with E-state index in [1.807, 2.05) is 4.68 Å². The lowest BCUT2D eigenvalue weighted by Gasteiger charge is -2.28. The first kappa shape index (κ1) is 13.7. The van der Waals surface area contributed by atoms with Crippen molar-refractivity contribution >= 4 is 5.78 Å². The van der Waals surface area contributed by atoms with Crippen molar-refractivity contribution in [3.63, 3.8) is 0 Å². The Labute approximate surface area is 113 Å². The number of nitrogens with zero attached hydrogens (tertiary/aromatic N) is 4. The van der Waals surface area contributed by atoms with Gasteiger partial charge in [-0.15, -0.1) is 0 Å². The molecule has 1 fully saturated rings. The van der Waals surface area contributed by atoms with Crippen LogP contribution in [0.15, 0.2) is 6.33 Å². The van der Waals surface area contributed by atoms with Gasteiger partial charge in [0.2, 0.25) is 0 Å². The molecule has 0 bridgehead atoms. The molecule has 2 rings (SSSR count). The first-order chi connectivity index (χ1) is 9.07. The molecule has 102 valence electrons. The lowest BCUT2D eigenvalue weighted by Crippen LogP contribution is -2.36. The average molecular weight is 260 g/mol. The van der Waals surface area contributed by atoms with Gasteiger partial charge < -0.3 is 0 Å². The molecule has 5 heteroatoms. The first-order valence-electron chi connectivity index (χ1n) is 6.88. The van der Waals surface area contributed by atoms with Crippen LogP contribution in [-0.2, 0) is 17.8 Å². The van der Waals surface area contributed by atoms with Gasteiger partial charge in [-0.1, -0.05) is 20.3 Å². The van der Waals surface area contributed by atoms with Crippen molar-refractivity contribution in [3.05, 3.63) is 12.2 Å².